The van der Waals surface area contributed by atoms with Gasteiger partial charge in [0.15, 0.2) is 0 Å². The molecule has 1 N–H and O–H groups in total. The summed E-state index contributed by atoms with van der Waals surface area (Å²) in [5.74, 6) is 0.199. The van der Waals surface area contributed by atoms with Crippen LogP contribution in [0, 0.1) is 10.1 Å². The van der Waals surface area contributed by atoms with Gasteiger partial charge in [-0.2, -0.15) is 0 Å². The van der Waals surface area contributed by atoms with Crippen LogP contribution in [-0.2, 0) is 0 Å². The lowest BCUT2D eigenvalue weighted by Gasteiger charge is -2.22. The van der Waals surface area contributed by atoms with E-state index >= 15 is 0 Å². The Morgan fingerprint density at radius 1 is 1.29 bits per heavy atom. The molecule has 0 unspecified atom stereocenters. The van der Waals surface area contributed by atoms with Crippen LogP contribution in [0.1, 0.15) is 43.6 Å². The number of hydrogen-bond donors (Lipinski definition) is 1. The average molecular weight is 256 g/mol. The summed E-state index contributed by atoms with van der Waals surface area (Å²) in [6, 6.07) is 2.65. The Morgan fingerprint density at radius 3 is 2.53 bits per heavy atom. The number of nitrogens with zero attached hydrogens (tertiary/aromatic N) is 1. The second kappa shape index (κ2) is 4.92. The maximum absolute atomic E-state index is 10.8. The Labute approximate surface area is 104 Å². The van der Waals surface area contributed by atoms with E-state index in [0.29, 0.717) is 5.56 Å². The molecule has 0 spiro atoms. The minimum Gasteiger partial charge on any atom is -0.506 e. The number of non-ortho nitro benzene ring substituents is 1. The molecule has 92 valence electrons. The smallest absolute Gasteiger partial charge is 0.271 e. The Bertz CT molecular complexity index is 442. The van der Waals surface area contributed by atoms with Gasteiger partial charge in [-0.05, 0) is 18.8 Å². The van der Waals surface area contributed by atoms with Crippen LogP contribution >= 0.6 is 11.6 Å². The molecule has 0 saturated heterocycles. The summed E-state index contributed by atoms with van der Waals surface area (Å²) in [4.78, 5) is 10.3. The molecule has 0 aromatic heterocycles. The standard InChI is InChI=1S/C12H14ClNO3/c13-11-7-9(14(16)17)6-10(12(11)15)8-4-2-1-3-5-8/h6-8,15H,1-5H2. The fourth-order valence-electron chi connectivity index (χ4n) is 2.44. The number of phenolic OH excluding ortho intramolecular Hbond substituents is 1. The third-order valence-corrected chi connectivity index (χ3v) is 3.62. The van der Waals surface area contributed by atoms with Gasteiger partial charge in [-0.25, -0.2) is 0 Å². The first-order chi connectivity index (χ1) is 8.09. The molecular formula is C12H14ClNO3. The number of nitro benzene ring substituents is 1. The number of benzene rings is 1. The third-order valence-electron chi connectivity index (χ3n) is 3.33. The van der Waals surface area contributed by atoms with E-state index < -0.39 is 4.92 Å². The van der Waals surface area contributed by atoms with Gasteiger partial charge in [0.25, 0.3) is 5.69 Å². The molecule has 1 saturated carbocycles. The lowest BCUT2D eigenvalue weighted by Crippen LogP contribution is -2.05. The van der Waals surface area contributed by atoms with Crippen molar-refractivity contribution in [2.45, 2.75) is 38.0 Å². The Morgan fingerprint density at radius 2 is 1.94 bits per heavy atom. The Balaban J connectivity index is 2.40. The molecule has 0 heterocycles. The van der Waals surface area contributed by atoms with Gasteiger partial charge in [-0.15, -0.1) is 0 Å². The summed E-state index contributed by atoms with van der Waals surface area (Å²) in [7, 11) is 0. The van der Waals surface area contributed by atoms with E-state index in [1.165, 1.54) is 18.6 Å². The summed E-state index contributed by atoms with van der Waals surface area (Å²) >= 11 is 5.83. The molecule has 4 nitrogen and oxygen atoms in total. The van der Waals surface area contributed by atoms with E-state index in [4.69, 9.17) is 11.6 Å². The molecule has 0 amide bonds. The normalized spacial score (nSPS) is 17.0. The molecule has 0 radical (unpaired) electrons. The molecule has 0 bridgehead atoms. The van der Waals surface area contributed by atoms with Crippen molar-refractivity contribution >= 4 is 17.3 Å². The first kappa shape index (κ1) is 12.2. The Kier molecular flexibility index (Phi) is 3.52. The third kappa shape index (κ3) is 2.52. The van der Waals surface area contributed by atoms with Crippen LogP contribution in [0.25, 0.3) is 0 Å². The van der Waals surface area contributed by atoms with Crippen molar-refractivity contribution in [1.82, 2.24) is 0 Å². The molecule has 1 fully saturated rings. The van der Waals surface area contributed by atoms with Gasteiger partial charge in [0.1, 0.15) is 5.75 Å². The Hall–Kier alpha value is -1.29. The zero-order chi connectivity index (χ0) is 12.4. The number of halogens is 1. The summed E-state index contributed by atoms with van der Waals surface area (Å²) in [5, 5.41) is 20.7. The van der Waals surface area contributed by atoms with Crippen molar-refractivity contribution in [3.8, 4) is 5.75 Å². The number of aromatic hydroxyl groups is 1. The van der Waals surface area contributed by atoms with Crippen molar-refractivity contribution in [3.63, 3.8) is 0 Å². The molecular weight excluding hydrogens is 242 g/mol. The fraction of sp³-hybridized carbons (Fsp3) is 0.500. The van der Waals surface area contributed by atoms with Crippen LogP contribution in [0.3, 0.4) is 0 Å². The zero-order valence-electron chi connectivity index (χ0n) is 9.36. The van der Waals surface area contributed by atoms with Crippen LogP contribution in [0.4, 0.5) is 5.69 Å². The minimum atomic E-state index is -0.475. The van der Waals surface area contributed by atoms with Crippen LogP contribution < -0.4 is 0 Å². The second-order valence-electron chi connectivity index (χ2n) is 4.46. The monoisotopic (exact) mass is 255 g/mol. The second-order valence-corrected chi connectivity index (χ2v) is 4.86. The minimum absolute atomic E-state index is 0.00386. The van der Waals surface area contributed by atoms with Crippen LogP contribution in [0.2, 0.25) is 5.02 Å². The lowest BCUT2D eigenvalue weighted by atomic mass is 9.83. The first-order valence-corrected chi connectivity index (χ1v) is 6.14. The van der Waals surface area contributed by atoms with Crippen molar-refractivity contribution in [2.75, 3.05) is 0 Å². The number of rotatable bonds is 2. The van der Waals surface area contributed by atoms with E-state index in [-0.39, 0.29) is 22.4 Å². The largest absolute Gasteiger partial charge is 0.506 e. The fourth-order valence-corrected chi connectivity index (χ4v) is 2.66. The van der Waals surface area contributed by atoms with Crippen molar-refractivity contribution in [3.05, 3.63) is 32.8 Å². The molecule has 5 heteroatoms. The maximum Gasteiger partial charge on any atom is 0.271 e. The van der Waals surface area contributed by atoms with E-state index in [9.17, 15) is 15.2 Å². The van der Waals surface area contributed by atoms with Crippen LogP contribution in [0.15, 0.2) is 12.1 Å². The molecule has 2 rings (SSSR count). The van der Waals surface area contributed by atoms with Gasteiger partial charge in [-0.1, -0.05) is 30.9 Å². The van der Waals surface area contributed by atoms with Gasteiger partial charge in [0, 0.05) is 17.7 Å². The molecule has 1 aromatic carbocycles. The number of phenols is 1. The van der Waals surface area contributed by atoms with Crippen molar-refractivity contribution < 1.29 is 10.0 Å². The zero-order valence-corrected chi connectivity index (χ0v) is 10.1. The summed E-state index contributed by atoms with van der Waals surface area (Å²) in [5.41, 5.74) is 0.581. The number of hydrogen-bond acceptors (Lipinski definition) is 3. The van der Waals surface area contributed by atoms with E-state index in [0.717, 1.165) is 25.7 Å². The summed E-state index contributed by atoms with van der Waals surface area (Å²) < 4.78 is 0. The first-order valence-electron chi connectivity index (χ1n) is 5.76. The van der Waals surface area contributed by atoms with Crippen LogP contribution in [-0.4, -0.2) is 10.0 Å². The quantitative estimate of drug-likeness (QED) is 0.642. The lowest BCUT2D eigenvalue weighted by molar-refractivity contribution is -0.384. The van der Waals surface area contributed by atoms with E-state index in [1.54, 1.807) is 0 Å². The van der Waals surface area contributed by atoms with E-state index in [2.05, 4.69) is 0 Å². The SMILES string of the molecule is O=[N+]([O-])c1cc(Cl)c(O)c(C2CCCCC2)c1. The summed E-state index contributed by atoms with van der Waals surface area (Å²) in [6.45, 7) is 0. The summed E-state index contributed by atoms with van der Waals surface area (Å²) in [6.07, 6.45) is 5.32. The molecule has 1 aliphatic carbocycles. The highest BCUT2D eigenvalue weighted by Crippen LogP contribution is 2.42. The predicted octanol–water partition coefficient (Wildman–Crippen LogP) is 4.00. The van der Waals surface area contributed by atoms with Crippen molar-refractivity contribution in [1.29, 1.82) is 0 Å². The van der Waals surface area contributed by atoms with Crippen LogP contribution in [0.5, 0.6) is 5.75 Å². The molecule has 1 aliphatic rings. The van der Waals surface area contributed by atoms with Gasteiger partial charge >= 0.3 is 0 Å². The van der Waals surface area contributed by atoms with E-state index in [1.807, 2.05) is 0 Å². The van der Waals surface area contributed by atoms with Gasteiger partial charge in [0.05, 0.1) is 9.95 Å². The van der Waals surface area contributed by atoms with Crippen molar-refractivity contribution in [2.24, 2.45) is 0 Å². The maximum atomic E-state index is 10.8. The highest BCUT2D eigenvalue weighted by atomic mass is 35.5. The van der Waals surface area contributed by atoms with Gasteiger partial charge in [-0.3, -0.25) is 10.1 Å². The number of nitro groups is 1. The highest BCUT2D eigenvalue weighted by molar-refractivity contribution is 6.32. The average Bonchev–Trinajstić information content (AvgIpc) is 2.33. The topological polar surface area (TPSA) is 63.4 Å². The highest BCUT2D eigenvalue weighted by Gasteiger charge is 2.23. The molecule has 1 aromatic rings. The molecule has 17 heavy (non-hydrogen) atoms. The van der Waals surface area contributed by atoms with Gasteiger partial charge in [0.2, 0.25) is 0 Å². The molecule has 0 aliphatic heterocycles. The van der Waals surface area contributed by atoms with Gasteiger partial charge < -0.3 is 5.11 Å². The predicted molar refractivity (Wildman–Crippen MR) is 65.6 cm³/mol. The molecule has 0 atom stereocenters.